The second kappa shape index (κ2) is 4.71. The number of carbonyl (C=O) groups is 1. The molecule has 0 radical (unpaired) electrons. The molecular weight excluding hydrogens is 249 g/mol. The Morgan fingerprint density at radius 1 is 1.00 bits per heavy atom. The fourth-order valence-electron chi connectivity index (χ4n) is 0.799. The summed E-state index contributed by atoms with van der Waals surface area (Å²) in [6.07, 6.45) is -12.3. The van der Waals surface area contributed by atoms with Gasteiger partial charge in [0.05, 0.1) is 0 Å². The smallest absolute Gasteiger partial charge is 0.389 e. The molecule has 0 atom stereocenters. The molecule has 1 N–H and O–H groups in total. The first-order valence-corrected chi connectivity index (χ1v) is 3.71. The molecule has 0 bridgehead atoms. The maximum Gasteiger partial charge on any atom is 0.389 e. The first kappa shape index (κ1) is 14.7. The van der Waals surface area contributed by atoms with Crippen molar-refractivity contribution in [2.45, 2.75) is 24.9 Å². The van der Waals surface area contributed by atoms with E-state index in [-0.39, 0.29) is 0 Å². The fourth-order valence-corrected chi connectivity index (χ4v) is 0.799. The van der Waals surface area contributed by atoms with Crippen molar-refractivity contribution in [2.75, 3.05) is 0 Å². The van der Waals surface area contributed by atoms with Crippen molar-refractivity contribution in [1.82, 2.24) is 0 Å². The molecular formula is C7H5F7O2. The van der Waals surface area contributed by atoms with Crippen LogP contribution in [-0.4, -0.2) is 23.2 Å². The highest BCUT2D eigenvalue weighted by atomic mass is 19.4. The minimum Gasteiger partial charge on any atom is -0.478 e. The summed E-state index contributed by atoms with van der Waals surface area (Å²) in [5, 5.41) is 8.01. The van der Waals surface area contributed by atoms with Gasteiger partial charge in [-0.2, -0.15) is 22.0 Å². The topological polar surface area (TPSA) is 37.3 Å². The lowest BCUT2D eigenvalue weighted by atomic mass is 10.1. The third kappa shape index (κ3) is 4.49. The monoisotopic (exact) mass is 254 g/mol. The van der Waals surface area contributed by atoms with Gasteiger partial charge in [0.1, 0.15) is 0 Å². The van der Waals surface area contributed by atoms with Gasteiger partial charge in [-0.1, -0.05) is 0 Å². The number of rotatable bonds is 4. The van der Waals surface area contributed by atoms with Crippen LogP contribution < -0.4 is 0 Å². The van der Waals surface area contributed by atoms with Crippen LogP contribution in [0, 0.1) is 0 Å². The molecule has 0 aromatic heterocycles. The number of aliphatic carboxylic acids is 1. The Labute approximate surface area is 84.4 Å². The summed E-state index contributed by atoms with van der Waals surface area (Å²) in [6, 6.07) is 0. The molecule has 0 fully saturated rings. The molecule has 0 spiro atoms. The minimum absolute atomic E-state index is 2.03. The SMILES string of the molecule is O=C(O)C(=C(F)F)C(F)(F)CCC(F)(F)F. The summed E-state index contributed by atoms with van der Waals surface area (Å²) >= 11 is 0. The van der Waals surface area contributed by atoms with Gasteiger partial charge in [0.15, 0.2) is 5.57 Å². The standard InChI is InChI=1S/C7H5F7O2/c8-4(9)3(5(15)16)6(10,11)1-2-7(12,13)14/h1-2H2,(H,15,16). The van der Waals surface area contributed by atoms with Crippen molar-refractivity contribution in [3.05, 3.63) is 11.7 Å². The highest BCUT2D eigenvalue weighted by Crippen LogP contribution is 2.36. The van der Waals surface area contributed by atoms with Crippen LogP contribution in [0.5, 0.6) is 0 Å². The molecule has 0 aromatic carbocycles. The first-order chi connectivity index (χ1) is 6.97. The van der Waals surface area contributed by atoms with Crippen LogP contribution in [0.1, 0.15) is 12.8 Å². The number of carboxylic acid groups (broad SMARTS) is 1. The van der Waals surface area contributed by atoms with Crippen molar-refractivity contribution < 1.29 is 40.6 Å². The quantitative estimate of drug-likeness (QED) is 0.617. The predicted molar refractivity (Wildman–Crippen MR) is 37.1 cm³/mol. The van der Waals surface area contributed by atoms with Gasteiger partial charge in [-0.25, -0.2) is 13.6 Å². The van der Waals surface area contributed by atoms with Gasteiger partial charge in [0, 0.05) is 12.8 Å². The van der Waals surface area contributed by atoms with E-state index in [1.54, 1.807) is 0 Å². The molecule has 9 heteroatoms. The Balaban J connectivity index is 4.90. The highest BCUT2D eigenvalue weighted by Gasteiger charge is 2.45. The lowest BCUT2D eigenvalue weighted by Gasteiger charge is -2.16. The average Bonchev–Trinajstić information content (AvgIpc) is 1.97. The van der Waals surface area contributed by atoms with Crippen molar-refractivity contribution >= 4 is 5.97 Å². The Hall–Kier alpha value is -1.28. The van der Waals surface area contributed by atoms with Crippen LogP contribution in [0.15, 0.2) is 11.7 Å². The molecule has 0 saturated carbocycles. The number of hydrogen-bond acceptors (Lipinski definition) is 1. The molecule has 16 heavy (non-hydrogen) atoms. The summed E-state index contributed by atoms with van der Waals surface area (Å²) in [6.45, 7) is 0. The zero-order valence-electron chi connectivity index (χ0n) is 7.42. The molecule has 2 nitrogen and oxygen atoms in total. The van der Waals surface area contributed by atoms with E-state index >= 15 is 0 Å². The van der Waals surface area contributed by atoms with Gasteiger partial charge in [-0.15, -0.1) is 0 Å². The second-order valence-electron chi connectivity index (χ2n) is 2.76. The van der Waals surface area contributed by atoms with E-state index in [1.165, 1.54) is 0 Å². The van der Waals surface area contributed by atoms with Crippen molar-refractivity contribution in [3.8, 4) is 0 Å². The maximum absolute atomic E-state index is 12.7. The molecule has 0 unspecified atom stereocenters. The van der Waals surface area contributed by atoms with Crippen LogP contribution in [0.3, 0.4) is 0 Å². The van der Waals surface area contributed by atoms with E-state index in [0.29, 0.717) is 0 Å². The summed E-state index contributed by atoms with van der Waals surface area (Å²) in [7, 11) is 0. The van der Waals surface area contributed by atoms with E-state index < -0.39 is 42.6 Å². The average molecular weight is 254 g/mol. The maximum atomic E-state index is 12.7. The highest BCUT2D eigenvalue weighted by molar-refractivity contribution is 5.88. The Morgan fingerprint density at radius 3 is 1.69 bits per heavy atom. The first-order valence-electron chi connectivity index (χ1n) is 3.71. The van der Waals surface area contributed by atoms with Crippen LogP contribution >= 0.6 is 0 Å². The molecule has 0 aliphatic heterocycles. The van der Waals surface area contributed by atoms with Crippen molar-refractivity contribution in [2.24, 2.45) is 0 Å². The normalized spacial score (nSPS) is 12.4. The predicted octanol–water partition coefficient (Wildman–Crippen LogP) is 3.20. The molecule has 0 heterocycles. The molecule has 0 rings (SSSR count). The molecule has 0 aliphatic carbocycles. The van der Waals surface area contributed by atoms with Gasteiger partial charge in [-0.3, -0.25) is 0 Å². The van der Waals surface area contributed by atoms with E-state index in [4.69, 9.17) is 5.11 Å². The van der Waals surface area contributed by atoms with Crippen LogP contribution in [0.25, 0.3) is 0 Å². The van der Waals surface area contributed by atoms with Gasteiger partial charge >= 0.3 is 12.1 Å². The summed E-state index contributed by atoms with van der Waals surface area (Å²) in [4.78, 5) is 10.0. The lowest BCUT2D eigenvalue weighted by Crippen LogP contribution is -2.28. The van der Waals surface area contributed by atoms with Crippen molar-refractivity contribution in [1.29, 1.82) is 0 Å². The van der Waals surface area contributed by atoms with Crippen molar-refractivity contribution in [3.63, 3.8) is 0 Å². The fraction of sp³-hybridized carbons (Fsp3) is 0.571. The lowest BCUT2D eigenvalue weighted by molar-refractivity contribution is -0.152. The van der Waals surface area contributed by atoms with Crippen LogP contribution in [-0.2, 0) is 4.79 Å². The minimum atomic E-state index is -4.97. The summed E-state index contributed by atoms with van der Waals surface area (Å²) in [5.74, 6) is -7.37. The van der Waals surface area contributed by atoms with Gasteiger partial charge in [-0.05, 0) is 0 Å². The Morgan fingerprint density at radius 2 is 1.44 bits per heavy atom. The molecule has 94 valence electrons. The number of alkyl halides is 5. The summed E-state index contributed by atoms with van der Waals surface area (Å²) in [5.41, 5.74) is -2.60. The largest absolute Gasteiger partial charge is 0.478 e. The Bertz CT molecular complexity index is 300. The van der Waals surface area contributed by atoms with E-state index in [0.717, 1.165) is 0 Å². The second-order valence-corrected chi connectivity index (χ2v) is 2.76. The molecule has 0 saturated heterocycles. The number of carboxylic acids is 1. The third-order valence-corrected chi connectivity index (χ3v) is 1.49. The molecule has 0 aliphatic rings. The molecule has 0 aromatic rings. The van der Waals surface area contributed by atoms with E-state index in [2.05, 4.69) is 0 Å². The van der Waals surface area contributed by atoms with Gasteiger partial charge in [0.2, 0.25) is 0 Å². The van der Waals surface area contributed by atoms with Gasteiger partial charge in [0.25, 0.3) is 12.0 Å². The number of halogens is 7. The Kier molecular flexibility index (Phi) is 4.33. The van der Waals surface area contributed by atoms with E-state index in [1.807, 2.05) is 0 Å². The third-order valence-electron chi connectivity index (χ3n) is 1.49. The van der Waals surface area contributed by atoms with Crippen LogP contribution in [0.2, 0.25) is 0 Å². The zero-order chi connectivity index (χ0) is 13.1. The van der Waals surface area contributed by atoms with Gasteiger partial charge < -0.3 is 5.11 Å². The van der Waals surface area contributed by atoms with E-state index in [9.17, 15) is 35.5 Å². The number of hydrogen-bond donors (Lipinski definition) is 1. The van der Waals surface area contributed by atoms with Crippen LogP contribution in [0.4, 0.5) is 30.7 Å². The zero-order valence-corrected chi connectivity index (χ0v) is 7.42. The molecule has 0 amide bonds. The summed E-state index contributed by atoms with van der Waals surface area (Å²) < 4.78 is 83.7.